The standard InChI is InChI=1S/C21H25N3O2S/c1-12-4-3-5-16-17(12)22-19(27-16)23-18(26)20-7-14-6-15(8-20)10-21(9-14,11-20)24-13(2)25/h3-5,14-15H,6-11H2,1-2H3,(H,24,25)(H,22,23,26)/t14-,15-,20?,21?/m1/s1. The molecule has 1 aromatic heterocycles. The molecular weight excluding hydrogens is 358 g/mol. The Hall–Kier alpha value is -1.95. The molecule has 4 aliphatic carbocycles. The summed E-state index contributed by atoms with van der Waals surface area (Å²) in [5.41, 5.74) is 1.55. The summed E-state index contributed by atoms with van der Waals surface area (Å²) in [5, 5.41) is 7.06. The number of thiazole rings is 1. The smallest absolute Gasteiger partial charge is 0.232 e. The molecule has 2 aromatic rings. The van der Waals surface area contributed by atoms with Gasteiger partial charge in [0.05, 0.1) is 15.6 Å². The summed E-state index contributed by atoms with van der Waals surface area (Å²) in [6.07, 6.45) is 5.91. The summed E-state index contributed by atoms with van der Waals surface area (Å²) in [6.45, 7) is 3.64. The predicted octanol–water partition coefficient (Wildman–Crippen LogP) is 4.02. The second-order valence-corrected chi connectivity index (χ2v) is 10.1. The van der Waals surface area contributed by atoms with E-state index >= 15 is 0 Å². The first-order valence-electron chi connectivity index (χ1n) is 9.83. The number of hydrogen-bond donors (Lipinski definition) is 2. The molecule has 27 heavy (non-hydrogen) atoms. The van der Waals surface area contributed by atoms with E-state index in [-0.39, 0.29) is 22.8 Å². The van der Waals surface area contributed by atoms with Gasteiger partial charge in [-0.1, -0.05) is 23.5 Å². The molecule has 2 N–H and O–H groups in total. The maximum absolute atomic E-state index is 13.4. The van der Waals surface area contributed by atoms with E-state index in [9.17, 15) is 9.59 Å². The van der Waals surface area contributed by atoms with E-state index in [0.29, 0.717) is 17.0 Å². The van der Waals surface area contributed by atoms with Gasteiger partial charge < -0.3 is 10.6 Å². The second kappa shape index (κ2) is 5.77. The first kappa shape index (κ1) is 17.2. The van der Waals surface area contributed by atoms with Gasteiger partial charge >= 0.3 is 0 Å². The average molecular weight is 384 g/mol. The van der Waals surface area contributed by atoms with Crippen LogP contribution in [0.5, 0.6) is 0 Å². The summed E-state index contributed by atoms with van der Waals surface area (Å²) < 4.78 is 1.10. The Morgan fingerprint density at radius 3 is 2.59 bits per heavy atom. The van der Waals surface area contributed by atoms with Crippen LogP contribution in [-0.4, -0.2) is 22.3 Å². The van der Waals surface area contributed by atoms with Gasteiger partial charge in [-0.25, -0.2) is 4.98 Å². The fourth-order valence-electron chi connectivity index (χ4n) is 6.42. The number of hydrogen-bond acceptors (Lipinski definition) is 4. The summed E-state index contributed by atoms with van der Waals surface area (Å²) >= 11 is 1.54. The Balaban J connectivity index is 1.43. The fraction of sp³-hybridized carbons (Fsp3) is 0.571. The largest absolute Gasteiger partial charge is 0.351 e. The van der Waals surface area contributed by atoms with Crippen LogP contribution in [0, 0.1) is 24.2 Å². The Bertz CT molecular complexity index is 936. The van der Waals surface area contributed by atoms with Crippen molar-refractivity contribution < 1.29 is 9.59 Å². The molecule has 0 aliphatic heterocycles. The number of fused-ring (bicyclic) bond motifs is 1. The van der Waals surface area contributed by atoms with Gasteiger partial charge in [0.1, 0.15) is 0 Å². The van der Waals surface area contributed by atoms with Crippen LogP contribution in [-0.2, 0) is 9.59 Å². The van der Waals surface area contributed by atoms with Crippen LogP contribution < -0.4 is 10.6 Å². The topological polar surface area (TPSA) is 71.1 Å². The molecule has 2 atom stereocenters. The molecular formula is C21H25N3O2S. The summed E-state index contributed by atoms with van der Waals surface area (Å²) in [5.74, 6) is 1.21. The van der Waals surface area contributed by atoms with Gasteiger partial charge in [0.15, 0.2) is 5.13 Å². The molecule has 1 heterocycles. The highest BCUT2D eigenvalue weighted by Crippen LogP contribution is 2.62. The number of benzene rings is 1. The lowest BCUT2D eigenvalue weighted by atomic mass is 9.46. The van der Waals surface area contributed by atoms with Gasteiger partial charge in [0, 0.05) is 12.5 Å². The SMILES string of the molecule is CC(=O)NC12C[C@@H]3C[C@@H](C1)CC(C(=O)Nc1nc4c(C)cccc4s1)(C3)C2. The molecule has 5 nitrogen and oxygen atoms in total. The first-order chi connectivity index (χ1) is 12.9. The maximum atomic E-state index is 13.4. The lowest BCUT2D eigenvalue weighted by Gasteiger charge is -2.61. The van der Waals surface area contributed by atoms with Crippen LogP contribution in [0.4, 0.5) is 5.13 Å². The third kappa shape index (κ3) is 2.76. The number of para-hydroxylation sites is 1. The highest BCUT2D eigenvalue weighted by Gasteiger charge is 2.60. The molecule has 4 bridgehead atoms. The minimum absolute atomic E-state index is 0.0224. The number of aryl methyl sites for hydroxylation is 1. The van der Waals surface area contributed by atoms with Crippen molar-refractivity contribution in [1.29, 1.82) is 0 Å². The van der Waals surface area contributed by atoms with Crippen LogP contribution >= 0.6 is 11.3 Å². The number of carbonyl (C=O) groups is 2. The quantitative estimate of drug-likeness (QED) is 0.841. The lowest BCUT2D eigenvalue weighted by molar-refractivity contribution is -0.148. The van der Waals surface area contributed by atoms with Crippen molar-refractivity contribution in [2.45, 2.75) is 57.9 Å². The van der Waals surface area contributed by atoms with Crippen molar-refractivity contribution in [2.24, 2.45) is 17.3 Å². The molecule has 1 aromatic carbocycles. The molecule has 2 amide bonds. The number of rotatable bonds is 3. The van der Waals surface area contributed by atoms with Crippen molar-refractivity contribution in [3.63, 3.8) is 0 Å². The van der Waals surface area contributed by atoms with Crippen LogP contribution in [0.1, 0.15) is 51.0 Å². The van der Waals surface area contributed by atoms with Crippen LogP contribution in [0.25, 0.3) is 10.2 Å². The van der Waals surface area contributed by atoms with Crippen molar-refractivity contribution in [1.82, 2.24) is 10.3 Å². The number of carbonyl (C=O) groups excluding carboxylic acids is 2. The number of amides is 2. The van der Waals surface area contributed by atoms with Crippen molar-refractivity contribution in [2.75, 3.05) is 5.32 Å². The highest BCUT2D eigenvalue weighted by atomic mass is 32.1. The first-order valence-corrected chi connectivity index (χ1v) is 10.6. The Morgan fingerprint density at radius 1 is 1.19 bits per heavy atom. The summed E-state index contributed by atoms with van der Waals surface area (Å²) in [6, 6.07) is 6.12. The third-order valence-electron chi connectivity index (χ3n) is 6.83. The zero-order valence-electron chi connectivity index (χ0n) is 15.8. The van der Waals surface area contributed by atoms with E-state index < -0.39 is 0 Å². The lowest BCUT2D eigenvalue weighted by Crippen LogP contribution is -2.65. The van der Waals surface area contributed by atoms with Gasteiger partial charge in [-0.05, 0) is 68.9 Å². The fourth-order valence-corrected chi connectivity index (χ4v) is 7.36. The van der Waals surface area contributed by atoms with Gasteiger partial charge in [0.25, 0.3) is 0 Å². The molecule has 4 saturated carbocycles. The molecule has 4 aliphatic rings. The van der Waals surface area contributed by atoms with Crippen LogP contribution in [0.15, 0.2) is 18.2 Å². The van der Waals surface area contributed by atoms with E-state index in [0.717, 1.165) is 47.9 Å². The number of nitrogens with one attached hydrogen (secondary N) is 2. The monoisotopic (exact) mass is 383 g/mol. The Labute approximate surface area is 162 Å². The van der Waals surface area contributed by atoms with Crippen LogP contribution in [0.2, 0.25) is 0 Å². The Kier molecular flexibility index (Phi) is 3.67. The number of aromatic nitrogens is 1. The molecule has 6 rings (SSSR count). The molecule has 0 spiro atoms. The van der Waals surface area contributed by atoms with Crippen LogP contribution in [0.3, 0.4) is 0 Å². The van der Waals surface area contributed by atoms with E-state index in [1.54, 1.807) is 18.3 Å². The average Bonchev–Trinajstić information content (AvgIpc) is 2.96. The van der Waals surface area contributed by atoms with Crippen molar-refractivity contribution >= 4 is 38.5 Å². The number of anilines is 1. The van der Waals surface area contributed by atoms with Gasteiger partial charge in [0.2, 0.25) is 11.8 Å². The van der Waals surface area contributed by atoms with Crippen molar-refractivity contribution in [3.05, 3.63) is 23.8 Å². The summed E-state index contributed by atoms with van der Waals surface area (Å²) in [7, 11) is 0. The number of nitrogens with zero attached hydrogens (tertiary/aromatic N) is 1. The minimum Gasteiger partial charge on any atom is -0.351 e. The highest BCUT2D eigenvalue weighted by molar-refractivity contribution is 7.22. The van der Waals surface area contributed by atoms with Gasteiger partial charge in [-0.15, -0.1) is 0 Å². The predicted molar refractivity (Wildman–Crippen MR) is 107 cm³/mol. The van der Waals surface area contributed by atoms with E-state index in [2.05, 4.69) is 15.6 Å². The second-order valence-electron chi connectivity index (χ2n) is 9.10. The molecule has 4 fully saturated rings. The normalized spacial score (nSPS) is 34.0. The minimum atomic E-state index is -0.362. The zero-order valence-corrected chi connectivity index (χ0v) is 16.6. The van der Waals surface area contributed by atoms with E-state index in [4.69, 9.17) is 0 Å². The summed E-state index contributed by atoms with van der Waals surface area (Å²) in [4.78, 5) is 29.9. The third-order valence-corrected chi connectivity index (χ3v) is 7.76. The molecule has 0 unspecified atom stereocenters. The Morgan fingerprint density at radius 2 is 1.93 bits per heavy atom. The van der Waals surface area contributed by atoms with E-state index in [1.807, 2.05) is 25.1 Å². The molecule has 0 saturated heterocycles. The van der Waals surface area contributed by atoms with Crippen molar-refractivity contribution in [3.8, 4) is 0 Å². The van der Waals surface area contributed by atoms with Gasteiger partial charge in [-0.2, -0.15) is 0 Å². The maximum Gasteiger partial charge on any atom is 0.232 e. The van der Waals surface area contributed by atoms with E-state index in [1.165, 1.54) is 6.42 Å². The zero-order chi connectivity index (χ0) is 18.8. The molecule has 6 heteroatoms. The molecule has 0 radical (unpaired) electrons. The molecule has 142 valence electrons. The van der Waals surface area contributed by atoms with Gasteiger partial charge in [-0.3, -0.25) is 9.59 Å².